The Labute approximate surface area is 104 Å². The molecule has 0 saturated carbocycles. The molecule has 86 valence electrons. The first-order valence-corrected chi connectivity index (χ1v) is 6.22. The van der Waals surface area contributed by atoms with Gasteiger partial charge < -0.3 is 0 Å². The smallest absolute Gasteiger partial charge is 0.228 e. The van der Waals surface area contributed by atoms with Crippen molar-refractivity contribution in [1.82, 2.24) is 0 Å². The Morgan fingerprint density at radius 2 is 1.81 bits per heavy atom. The third kappa shape index (κ3) is 3.65. The third-order valence-corrected chi connectivity index (χ3v) is 3.98. The summed E-state index contributed by atoms with van der Waals surface area (Å²) in [5, 5.41) is -0.451. The number of rotatable bonds is 4. The fourth-order valence-electron chi connectivity index (χ4n) is 0.960. The molecule has 4 heteroatoms. The Morgan fingerprint density at radius 1 is 1.25 bits per heavy atom. The van der Waals surface area contributed by atoms with Gasteiger partial charge in [-0.15, -0.1) is 0 Å². The Morgan fingerprint density at radius 3 is 2.31 bits per heavy atom. The maximum Gasteiger partial charge on any atom is 0.228 e. The van der Waals surface area contributed by atoms with Crippen molar-refractivity contribution in [3.05, 3.63) is 35.9 Å². The third-order valence-electron chi connectivity index (χ3n) is 2.11. The number of carbonyl (C=O) groups is 2. The Kier molecular flexibility index (Phi) is 4.56. The zero-order valence-corrected chi connectivity index (χ0v) is 10.8. The van der Waals surface area contributed by atoms with Crippen molar-refractivity contribution >= 4 is 33.7 Å². The molecule has 0 amide bonds. The molecule has 1 aromatic rings. The highest BCUT2D eigenvalue weighted by Crippen LogP contribution is 2.26. The van der Waals surface area contributed by atoms with Gasteiger partial charge in [-0.05, 0) is 11.6 Å². The fourth-order valence-corrected chi connectivity index (χ4v) is 2.03. The first-order chi connectivity index (χ1) is 7.43. The SMILES string of the molecule is CC(C)(CSC(=O)c1ccccc1)C(=O)Cl. The van der Waals surface area contributed by atoms with Crippen molar-refractivity contribution in [2.45, 2.75) is 13.8 Å². The van der Waals surface area contributed by atoms with E-state index in [1.807, 2.05) is 18.2 Å². The molecule has 0 fully saturated rings. The quantitative estimate of drug-likeness (QED) is 0.775. The van der Waals surface area contributed by atoms with Crippen molar-refractivity contribution < 1.29 is 9.59 Å². The summed E-state index contributed by atoms with van der Waals surface area (Å²) in [6, 6.07) is 8.99. The molecule has 0 aliphatic rings. The second-order valence-corrected chi connectivity index (χ2v) is 5.39. The lowest BCUT2D eigenvalue weighted by molar-refractivity contribution is -0.117. The van der Waals surface area contributed by atoms with Crippen molar-refractivity contribution in [3.63, 3.8) is 0 Å². The van der Waals surface area contributed by atoms with E-state index < -0.39 is 10.7 Å². The molecule has 0 heterocycles. The number of carbonyl (C=O) groups excluding carboxylic acids is 2. The maximum absolute atomic E-state index is 11.7. The van der Waals surface area contributed by atoms with Gasteiger partial charge in [-0.2, -0.15) is 0 Å². The summed E-state index contributed by atoms with van der Waals surface area (Å²) < 4.78 is 0. The molecule has 0 atom stereocenters. The van der Waals surface area contributed by atoms with Crippen molar-refractivity contribution in [2.75, 3.05) is 5.75 Å². The summed E-state index contributed by atoms with van der Waals surface area (Å²) in [5.74, 6) is 0.392. The van der Waals surface area contributed by atoms with Crippen LogP contribution in [-0.4, -0.2) is 16.1 Å². The van der Waals surface area contributed by atoms with E-state index in [-0.39, 0.29) is 5.12 Å². The minimum absolute atomic E-state index is 0.0356. The van der Waals surface area contributed by atoms with Crippen LogP contribution in [0.15, 0.2) is 30.3 Å². The van der Waals surface area contributed by atoms with Crippen LogP contribution in [0, 0.1) is 5.41 Å². The van der Waals surface area contributed by atoms with Gasteiger partial charge in [0.1, 0.15) is 0 Å². The Hall–Kier alpha value is -0.800. The molecule has 1 aromatic carbocycles. The van der Waals surface area contributed by atoms with Crippen LogP contribution in [0.5, 0.6) is 0 Å². The zero-order chi connectivity index (χ0) is 12.2. The molecular weight excluding hydrogens is 244 g/mol. The summed E-state index contributed by atoms with van der Waals surface area (Å²) in [6.07, 6.45) is 0. The number of benzene rings is 1. The van der Waals surface area contributed by atoms with Crippen LogP contribution in [0.1, 0.15) is 24.2 Å². The number of thioether (sulfide) groups is 1. The molecule has 1 rings (SSSR count). The summed E-state index contributed by atoms with van der Waals surface area (Å²) in [5.41, 5.74) is -0.0262. The van der Waals surface area contributed by atoms with Gasteiger partial charge in [-0.1, -0.05) is 55.9 Å². The van der Waals surface area contributed by atoms with Gasteiger partial charge in [0.2, 0.25) is 10.4 Å². The van der Waals surface area contributed by atoms with Gasteiger partial charge >= 0.3 is 0 Å². The fraction of sp³-hybridized carbons (Fsp3) is 0.333. The van der Waals surface area contributed by atoms with Crippen LogP contribution in [0.25, 0.3) is 0 Å². The highest BCUT2D eigenvalue weighted by molar-refractivity contribution is 8.14. The maximum atomic E-state index is 11.7. The topological polar surface area (TPSA) is 34.1 Å². The predicted molar refractivity (Wildman–Crippen MR) is 67.9 cm³/mol. The van der Waals surface area contributed by atoms with Gasteiger partial charge in [0, 0.05) is 16.7 Å². The molecule has 0 aromatic heterocycles. The average molecular weight is 257 g/mol. The van der Waals surface area contributed by atoms with Gasteiger partial charge in [-0.25, -0.2) is 0 Å². The Bertz CT molecular complexity index is 387. The molecule has 0 aliphatic carbocycles. The molecule has 0 N–H and O–H groups in total. The lowest BCUT2D eigenvalue weighted by atomic mass is 9.99. The first kappa shape index (κ1) is 13.3. The molecule has 0 radical (unpaired) electrons. The highest BCUT2D eigenvalue weighted by Gasteiger charge is 2.27. The molecule has 0 spiro atoms. The van der Waals surface area contributed by atoms with Crippen molar-refractivity contribution in [3.8, 4) is 0 Å². The van der Waals surface area contributed by atoms with E-state index in [2.05, 4.69) is 0 Å². The number of hydrogen-bond acceptors (Lipinski definition) is 3. The van der Waals surface area contributed by atoms with Crippen LogP contribution in [0.2, 0.25) is 0 Å². The van der Waals surface area contributed by atoms with Gasteiger partial charge in [-0.3, -0.25) is 9.59 Å². The lowest BCUT2D eigenvalue weighted by Crippen LogP contribution is -2.23. The van der Waals surface area contributed by atoms with Crippen LogP contribution in [0.4, 0.5) is 0 Å². The number of hydrogen-bond donors (Lipinski definition) is 0. The first-order valence-electron chi connectivity index (χ1n) is 4.85. The minimum Gasteiger partial charge on any atom is -0.282 e. The molecule has 2 nitrogen and oxygen atoms in total. The van der Waals surface area contributed by atoms with Gasteiger partial charge in [0.25, 0.3) is 0 Å². The van der Waals surface area contributed by atoms with E-state index in [1.54, 1.807) is 26.0 Å². The van der Waals surface area contributed by atoms with E-state index in [0.717, 1.165) is 11.8 Å². The summed E-state index contributed by atoms with van der Waals surface area (Å²) in [4.78, 5) is 22.8. The van der Waals surface area contributed by atoms with E-state index in [4.69, 9.17) is 11.6 Å². The second kappa shape index (κ2) is 5.51. The zero-order valence-electron chi connectivity index (χ0n) is 9.20. The highest BCUT2D eigenvalue weighted by atomic mass is 35.5. The van der Waals surface area contributed by atoms with Gasteiger partial charge in [0.15, 0.2) is 0 Å². The van der Waals surface area contributed by atoms with E-state index >= 15 is 0 Å². The monoisotopic (exact) mass is 256 g/mol. The summed E-state index contributed by atoms with van der Waals surface area (Å²) in [7, 11) is 0. The van der Waals surface area contributed by atoms with E-state index in [9.17, 15) is 9.59 Å². The van der Waals surface area contributed by atoms with E-state index in [1.165, 1.54) is 0 Å². The standard InChI is InChI=1S/C12H13ClO2S/c1-12(2,11(13)15)8-16-10(14)9-6-4-3-5-7-9/h3-7H,8H2,1-2H3. The molecular formula is C12H13ClO2S. The largest absolute Gasteiger partial charge is 0.282 e. The van der Waals surface area contributed by atoms with E-state index in [0.29, 0.717) is 11.3 Å². The lowest BCUT2D eigenvalue weighted by Gasteiger charge is -2.17. The van der Waals surface area contributed by atoms with Crippen LogP contribution in [0.3, 0.4) is 0 Å². The van der Waals surface area contributed by atoms with Crippen LogP contribution < -0.4 is 0 Å². The number of halogens is 1. The molecule has 0 aliphatic heterocycles. The molecule has 0 unspecified atom stereocenters. The summed E-state index contributed by atoms with van der Waals surface area (Å²) in [6.45, 7) is 3.46. The van der Waals surface area contributed by atoms with Gasteiger partial charge in [0.05, 0.1) is 0 Å². The second-order valence-electron chi connectivity index (χ2n) is 4.10. The normalized spacial score (nSPS) is 11.2. The molecule has 0 saturated heterocycles. The minimum atomic E-state index is -0.670. The summed E-state index contributed by atoms with van der Waals surface area (Å²) >= 11 is 6.56. The Balaban J connectivity index is 2.58. The van der Waals surface area contributed by atoms with Crippen LogP contribution >= 0.6 is 23.4 Å². The van der Waals surface area contributed by atoms with Crippen molar-refractivity contribution in [2.24, 2.45) is 5.41 Å². The molecule has 16 heavy (non-hydrogen) atoms. The average Bonchev–Trinajstić information content (AvgIpc) is 2.27. The predicted octanol–water partition coefficient (Wildman–Crippen LogP) is 3.35. The van der Waals surface area contributed by atoms with Crippen molar-refractivity contribution in [1.29, 1.82) is 0 Å². The van der Waals surface area contributed by atoms with Crippen LogP contribution in [-0.2, 0) is 4.79 Å². The molecule has 0 bridgehead atoms.